The summed E-state index contributed by atoms with van der Waals surface area (Å²) in [4.78, 5) is 25.2. The van der Waals surface area contributed by atoms with E-state index in [9.17, 15) is 9.59 Å². The molecule has 1 unspecified atom stereocenters. The molecule has 0 spiro atoms. The zero-order valence-corrected chi connectivity index (χ0v) is 36.6. The van der Waals surface area contributed by atoms with Crippen LogP contribution in [0.3, 0.4) is 0 Å². The van der Waals surface area contributed by atoms with Gasteiger partial charge >= 0.3 is 11.9 Å². The molecule has 0 saturated carbocycles. The number of carbonyl (C=O) groups is 2. The number of esters is 2. The molecule has 0 radical (unpaired) electrons. The highest BCUT2D eigenvalue weighted by atomic mass is 16.6. The zero-order valence-electron chi connectivity index (χ0n) is 36.6. The van der Waals surface area contributed by atoms with Crippen LogP contribution in [0.25, 0.3) is 0 Å². The number of allylic oxidation sites excluding steroid dienone is 14. The minimum atomic E-state index is -0.577. The number of ether oxygens (including phenoxy) is 3. The van der Waals surface area contributed by atoms with Crippen molar-refractivity contribution in [1.82, 2.24) is 0 Å². The van der Waals surface area contributed by atoms with E-state index in [1.165, 1.54) is 83.5 Å². The lowest BCUT2D eigenvalue weighted by molar-refractivity contribution is -0.162. The average molecular weight is 779 g/mol. The Hall–Kier alpha value is -2.92. The SMILES string of the molecule is CC/C=C\C/C=C\C/C=C\C/C=C\CCC(=O)OCC(COCCCCCCCC/C=C\CCCCCC)OC(=O)CCCCCCC/C=C\C/C=C\CCC. The van der Waals surface area contributed by atoms with Gasteiger partial charge < -0.3 is 14.2 Å². The van der Waals surface area contributed by atoms with E-state index < -0.39 is 6.10 Å². The van der Waals surface area contributed by atoms with E-state index in [2.05, 4.69) is 99.8 Å². The van der Waals surface area contributed by atoms with Gasteiger partial charge in [0.05, 0.1) is 6.61 Å². The van der Waals surface area contributed by atoms with Crippen molar-refractivity contribution in [2.24, 2.45) is 0 Å². The third kappa shape index (κ3) is 43.8. The maximum atomic E-state index is 12.7. The molecule has 5 heteroatoms. The Kier molecular flexibility index (Phi) is 44.0. The van der Waals surface area contributed by atoms with E-state index in [1.54, 1.807) is 0 Å². The first-order valence-electron chi connectivity index (χ1n) is 23.1. The molecule has 56 heavy (non-hydrogen) atoms. The zero-order chi connectivity index (χ0) is 40.7. The lowest BCUT2D eigenvalue weighted by atomic mass is 10.1. The van der Waals surface area contributed by atoms with E-state index in [0.29, 0.717) is 25.9 Å². The second-order valence-corrected chi connectivity index (χ2v) is 14.9. The lowest BCUT2D eigenvalue weighted by Crippen LogP contribution is -2.30. The Labute approximate surface area is 346 Å². The molecule has 0 aliphatic rings. The minimum Gasteiger partial charge on any atom is -0.462 e. The van der Waals surface area contributed by atoms with Gasteiger partial charge in [0.15, 0.2) is 6.10 Å². The van der Waals surface area contributed by atoms with Crippen LogP contribution in [0.2, 0.25) is 0 Å². The van der Waals surface area contributed by atoms with Crippen molar-refractivity contribution in [2.45, 2.75) is 207 Å². The third-order valence-corrected chi connectivity index (χ3v) is 9.38. The normalized spacial score (nSPS) is 13.0. The maximum Gasteiger partial charge on any atom is 0.306 e. The Bertz CT molecular complexity index is 1060. The first-order valence-corrected chi connectivity index (χ1v) is 23.1. The van der Waals surface area contributed by atoms with E-state index in [4.69, 9.17) is 14.2 Å². The number of hydrogen-bond donors (Lipinski definition) is 0. The highest BCUT2D eigenvalue weighted by Gasteiger charge is 2.17. The Balaban J connectivity index is 4.40. The molecule has 320 valence electrons. The molecular weight excluding hydrogens is 693 g/mol. The van der Waals surface area contributed by atoms with Crippen LogP contribution >= 0.6 is 0 Å². The Morgan fingerprint density at radius 2 is 0.875 bits per heavy atom. The molecule has 0 aromatic rings. The Morgan fingerprint density at radius 1 is 0.411 bits per heavy atom. The van der Waals surface area contributed by atoms with Crippen LogP contribution in [-0.4, -0.2) is 37.9 Å². The summed E-state index contributed by atoms with van der Waals surface area (Å²) < 4.78 is 17.2. The van der Waals surface area contributed by atoms with E-state index >= 15 is 0 Å². The lowest BCUT2D eigenvalue weighted by Gasteiger charge is -2.18. The molecule has 0 N–H and O–H groups in total. The van der Waals surface area contributed by atoms with E-state index in [0.717, 1.165) is 77.0 Å². The van der Waals surface area contributed by atoms with Crippen LogP contribution in [0.5, 0.6) is 0 Å². The molecule has 0 aromatic heterocycles. The average Bonchev–Trinajstić information content (AvgIpc) is 3.20. The quantitative estimate of drug-likeness (QED) is 0.0351. The van der Waals surface area contributed by atoms with Crippen LogP contribution < -0.4 is 0 Å². The second kappa shape index (κ2) is 46.5. The van der Waals surface area contributed by atoms with Crippen molar-refractivity contribution in [1.29, 1.82) is 0 Å². The monoisotopic (exact) mass is 779 g/mol. The minimum absolute atomic E-state index is 0.0356. The van der Waals surface area contributed by atoms with E-state index in [1.807, 2.05) is 6.08 Å². The number of rotatable bonds is 41. The molecule has 0 aliphatic heterocycles. The van der Waals surface area contributed by atoms with Crippen LogP contribution in [0, 0.1) is 0 Å². The van der Waals surface area contributed by atoms with Gasteiger partial charge in [-0.1, -0.05) is 176 Å². The van der Waals surface area contributed by atoms with Gasteiger partial charge in [0.1, 0.15) is 6.61 Å². The summed E-state index contributed by atoms with van der Waals surface area (Å²) in [6.07, 6.45) is 60.2. The molecule has 0 aliphatic carbocycles. The van der Waals surface area contributed by atoms with Gasteiger partial charge in [-0.2, -0.15) is 0 Å². The summed E-state index contributed by atoms with van der Waals surface area (Å²) in [5, 5.41) is 0. The van der Waals surface area contributed by atoms with Crippen LogP contribution in [0.15, 0.2) is 85.1 Å². The summed E-state index contributed by atoms with van der Waals surface area (Å²) in [5.74, 6) is -0.515. The smallest absolute Gasteiger partial charge is 0.306 e. The molecule has 5 nitrogen and oxygen atoms in total. The second-order valence-electron chi connectivity index (χ2n) is 14.9. The molecule has 0 fully saturated rings. The predicted octanol–water partition coefficient (Wildman–Crippen LogP) is 15.3. The highest BCUT2D eigenvalue weighted by molar-refractivity contribution is 5.70. The number of carbonyl (C=O) groups excluding carboxylic acids is 2. The van der Waals surface area contributed by atoms with Gasteiger partial charge in [0.2, 0.25) is 0 Å². The first-order chi connectivity index (χ1) is 27.6. The fraction of sp³-hybridized carbons (Fsp3) is 0.686. The molecule has 0 bridgehead atoms. The molecule has 0 heterocycles. The topological polar surface area (TPSA) is 61.8 Å². The fourth-order valence-corrected chi connectivity index (χ4v) is 5.97. The van der Waals surface area contributed by atoms with Crippen molar-refractivity contribution in [3.63, 3.8) is 0 Å². The van der Waals surface area contributed by atoms with Gasteiger partial charge in [0, 0.05) is 19.4 Å². The summed E-state index contributed by atoms with van der Waals surface area (Å²) >= 11 is 0. The standard InChI is InChI=1S/C51H86O5/c1-4-7-10-13-16-19-22-25-28-31-34-37-40-43-46-54-47-49(56-51(53)45-42-39-36-33-30-27-24-21-18-15-12-9-6-3)48-55-50(52)44-41-38-35-32-29-26-23-20-17-14-11-8-5-2/h8,11-12,15,17,19-22,24,26,29,35,38,49H,4-7,9-10,13-14,16,18,23,25,27-28,30-34,36-37,39-48H2,1-3H3/b11-8-,15-12-,20-17-,22-19-,24-21-,29-26-,38-35-. The molecular formula is C51H86O5. The number of hydrogen-bond acceptors (Lipinski definition) is 5. The van der Waals surface area contributed by atoms with E-state index in [-0.39, 0.29) is 25.2 Å². The molecule has 1 atom stereocenters. The molecule has 0 aromatic carbocycles. The number of unbranched alkanes of at least 4 members (excludes halogenated alkanes) is 16. The maximum absolute atomic E-state index is 12.7. The van der Waals surface area contributed by atoms with Gasteiger partial charge in [-0.05, 0) is 96.3 Å². The molecule has 0 rings (SSSR count). The van der Waals surface area contributed by atoms with Gasteiger partial charge in [-0.25, -0.2) is 0 Å². The predicted molar refractivity (Wildman–Crippen MR) is 242 cm³/mol. The first kappa shape index (κ1) is 53.1. The largest absolute Gasteiger partial charge is 0.462 e. The van der Waals surface area contributed by atoms with Gasteiger partial charge in [-0.3, -0.25) is 9.59 Å². The van der Waals surface area contributed by atoms with Crippen LogP contribution in [-0.2, 0) is 23.8 Å². The van der Waals surface area contributed by atoms with Crippen molar-refractivity contribution in [3.8, 4) is 0 Å². The van der Waals surface area contributed by atoms with Gasteiger partial charge in [-0.15, -0.1) is 0 Å². The van der Waals surface area contributed by atoms with Crippen molar-refractivity contribution in [2.75, 3.05) is 19.8 Å². The van der Waals surface area contributed by atoms with Crippen molar-refractivity contribution in [3.05, 3.63) is 85.1 Å². The third-order valence-electron chi connectivity index (χ3n) is 9.38. The summed E-state index contributed by atoms with van der Waals surface area (Å²) in [5.41, 5.74) is 0. The highest BCUT2D eigenvalue weighted by Crippen LogP contribution is 2.12. The van der Waals surface area contributed by atoms with Crippen LogP contribution in [0.4, 0.5) is 0 Å². The van der Waals surface area contributed by atoms with Crippen molar-refractivity contribution < 1.29 is 23.8 Å². The summed E-state index contributed by atoms with van der Waals surface area (Å²) in [7, 11) is 0. The molecule has 0 saturated heterocycles. The fourth-order valence-electron chi connectivity index (χ4n) is 5.97. The van der Waals surface area contributed by atoms with Crippen molar-refractivity contribution >= 4 is 11.9 Å². The van der Waals surface area contributed by atoms with Gasteiger partial charge in [0.25, 0.3) is 0 Å². The summed E-state index contributed by atoms with van der Waals surface area (Å²) in [6.45, 7) is 7.52. The Morgan fingerprint density at radius 3 is 1.45 bits per heavy atom. The molecule has 0 amide bonds. The summed E-state index contributed by atoms with van der Waals surface area (Å²) in [6, 6.07) is 0. The van der Waals surface area contributed by atoms with Crippen LogP contribution in [0.1, 0.15) is 201 Å².